The Morgan fingerprint density at radius 2 is 1.75 bits per heavy atom. The first kappa shape index (κ1) is 16.9. The normalized spacial score (nSPS) is 9.45. The summed E-state index contributed by atoms with van der Waals surface area (Å²) in [7, 11) is 0. The molecule has 0 radical (unpaired) electrons. The number of hydrogen-bond acceptors (Lipinski definition) is 1. The molecule has 0 saturated heterocycles. The van der Waals surface area contributed by atoms with Crippen LogP contribution in [0, 0.1) is 13.0 Å². The molecule has 0 aliphatic heterocycles. The molecule has 3 aromatic rings. The first-order chi connectivity index (χ1) is 8.84. The van der Waals surface area contributed by atoms with Crippen molar-refractivity contribution in [2.24, 2.45) is 0 Å². The van der Waals surface area contributed by atoms with E-state index in [2.05, 4.69) is 36.3 Å². The van der Waals surface area contributed by atoms with Crippen LogP contribution in [-0.2, 0) is 0 Å². The van der Waals surface area contributed by atoms with Gasteiger partial charge >= 0.3 is 23.1 Å². The number of rotatable bonds is 2. The van der Waals surface area contributed by atoms with E-state index in [1.807, 2.05) is 47.3 Å². The third-order valence-corrected chi connectivity index (χ3v) is 2.89. The standard InChI is InChI=1S/C16H13N2.BrH.Mg/c1-13-7-9-15(10-8-13)18-16(11-12-17-18)14-5-3-2-4-6-14;;/h2-9,11-12H,1H3;1H;/q-1;;+2/p-1. The molecule has 0 aliphatic rings. The zero-order chi connectivity index (χ0) is 12.4. The van der Waals surface area contributed by atoms with Crippen molar-refractivity contribution in [1.82, 2.24) is 9.78 Å². The molecular formula is C16H13BrMgN2. The van der Waals surface area contributed by atoms with Crippen LogP contribution in [0.3, 0.4) is 0 Å². The van der Waals surface area contributed by atoms with Crippen LogP contribution in [0.25, 0.3) is 16.9 Å². The van der Waals surface area contributed by atoms with Gasteiger partial charge in [0.25, 0.3) is 0 Å². The van der Waals surface area contributed by atoms with Crippen LogP contribution in [0.4, 0.5) is 0 Å². The SMILES string of the molecule is Cc1c[c-]c(-n2nccc2-c2ccccc2)cc1.[Br-].[Mg+2]. The van der Waals surface area contributed by atoms with Crippen LogP contribution in [0.2, 0.25) is 0 Å². The topological polar surface area (TPSA) is 17.8 Å². The van der Waals surface area contributed by atoms with E-state index in [0.717, 1.165) is 16.9 Å². The fourth-order valence-corrected chi connectivity index (χ4v) is 1.95. The summed E-state index contributed by atoms with van der Waals surface area (Å²) in [6.07, 6.45) is 1.82. The third-order valence-electron chi connectivity index (χ3n) is 2.89. The molecule has 0 atom stereocenters. The first-order valence-electron chi connectivity index (χ1n) is 5.93. The molecule has 0 aliphatic carbocycles. The van der Waals surface area contributed by atoms with Crippen LogP contribution in [0.5, 0.6) is 0 Å². The number of hydrogen-bond donors (Lipinski definition) is 0. The summed E-state index contributed by atoms with van der Waals surface area (Å²) in [6.45, 7) is 2.06. The average molecular weight is 338 g/mol. The van der Waals surface area contributed by atoms with Gasteiger partial charge in [0.15, 0.2) is 0 Å². The molecule has 2 nitrogen and oxygen atoms in total. The molecular weight excluding hydrogens is 324 g/mol. The van der Waals surface area contributed by atoms with E-state index in [1.54, 1.807) is 0 Å². The monoisotopic (exact) mass is 336 g/mol. The van der Waals surface area contributed by atoms with Gasteiger partial charge in [0.2, 0.25) is 0 Å². The van der Waals surface area contributed by atoms with Crippen LogP contribution >= 0.6 is 0 Å². The van der Waals surface area contributed by atoms with E-state index in [9.17, 15) is 0 Å². The molecule has 0 spiro atoms. The molecule has 0 amide bonds. The zero-order valence-electron chi connectivity index (χ0n) is 11.3. The molecule has 0 bridgehead atoms. The van der Waals surface area contributed by atoms with Gasteiger partial charge in [0.05, 0.1) is 5.69 Å². The van der Waals surface area contributed by atoms with Crippen molar-refractivity contribution in [2.45, 2.75) is 6.92 Å². The van der Waals surface area contributed by atoms with Crippen molar-refractivity contribution in [2.75, 3.05) is 0 Å². The van der Waals surface area contributed by atoms with Gasteiger partial charge in [0.1, 0.15) is 0 Å². The van der Waals surface area contributed by atoms with Crippen molar-refractivity contribution in [1.29, 1.82) is 0 Å². The minimum Gasteiger partial charge on any atom is -1.00 e. The number of aromatic nitrogens is 2. The van der Waals surface area contributed by atoms with Gasteiger partial charge < -0.3 is 17.0 Å². The third kappa shape index (κ3) is 3.51. The van der Waals surface area contributed by atoms with Gasteiger partial charge in [-0.1, -0.05) is 37.3 Å². The van der Waals surface area contributed by atoms with Crippen LogP contribution in [0.1, 0.15) is 5.56 Å². The molecule has 0 saturated carbocycles. The first-order valence-corrected chi connectivity index (χ1v) is 5.93. The molecule has 96 valence electrons. The summed E-state index contributed by atoms with van der Waals surface area (Å²) in [4.78, 5) is 0. The fourth-order valence-electron chi connectivity index (χ4n) is 1.95. The van der Waals surface area contributed by atoms with Gasteiger partial charge in [-0.2, -0.15) is 28.9 Å². The molecule has 2 aromatic carbocycles. The molecule has 20 heavy (non-hydrogen) atoms. The van der Waals surface area contributed by atoms with Crippen molar-refractivity contribution in [3.63, 3.8) is 0 Å². The minimum atomic E-state index is 0. The molecule has 3 rings (SSSR count). The summed E-state index contributed by atoms with van der Waals surface area (Å²) >= 11 is 0. The number of nitrogens with zero attached hydrogens (tertiary/aromatic N) is 2. The predicted molar refractivity (Wildman–Crippen MR) is 78.3 cm³/mol. The van der Waals surface area contributed by atoms with Crippen LogP contribution in [-0.4, -0.2) is 32.8 Å². The second-order valence-corrected chi connectivity index (χ2v) is 4.25. The van der Waals surface area contributed by atoms with Crippen LogP contribution < -0.4 is 17.0 Å². The largest absolute Gasteiger partial charge is 2.00 e. The Morgan fingerprint density at radius 1 is 1.00 bits per heavy atom. The van der Waals surface area contributed by atoms with Crippen molar-refractivity contribution < 1.29 is 17.0 Å². The summed E-state index contributed by atoms with van der Waals surface area (Å²) in [5.74, 6) is 0. The Hall–Kier alpha value is -1.10. The maximum absolute atomic E-state index is 4.38. The fraction of sp³-hybridized carbons (Fsp3) is 0.0625. The van der Waals surface area contributed by atoms with Crippen LogP contribution in [0.15, 0.2) is 60.8 Å². The second kappa shape index (κ2) is 7.62. The van der Waals surface area contributed by atoms with Gasteiger partial charge in [-0.3, -0.25) is 4.68 Å². The number of benzene rings is 2. The Kier molecular flexibility index (Phi) is 6.46. The molecule has 0 unspecified atom stereocenters. The smallest absolute Gasteiger partial charge is 1.00 e. The minimum absolute atomic E-state index is 0. The van der Waals surface area contributed by atoms with E-state index in [0.29, 0.717) is 0 Å². The Bertz CT molecular complexity index is 648. The molecule has 0 fully saturated rings. The molecule has 4 heteroatoms. The van der Waals surface area contributed by atoms with E-state index in [1.165, 1.54) is 5.56 Å². The van der Waals surface area contributed by atoms with E-state index in [-0.39, 0.29) is 40.0 Å². The Balaban J connectivity index is 0.000001000. The Labute approximate surface area is 145 Å². The predicted octanol–water partition coefficient (Wildman–Crippen LogP) is 0.271. The van der Waals surface area contributed by atoms with E-state index >= 15 is 0 Å². The average Bonchev–Trinajstić information content (AvgIpc) is 2.90. The Morgan fingerprint density at radius 3 is 2.40 bits per heavy atom. The van der Waals surface area contributed by atoms with Gasteiger partial charge in [0, 0.05) is 11.8 Å². The van der Waals surface area contributed by atoms with Gasteiger partial charge in [-0.05, 0) is 11.8 Å². The summed E-state index contributed by atoms with van der Waals surface area (Å²) in [5, 5.41) is 4.38. The van der Waals surface area contributed by atoms with Crippen molar-refractivity contribution >= 4 is 23.1 Å². The summed E-state index contributed by atoms with van der Waals surface area (Å²) < 4.78 is 1.91. The van der Waals surface area contributed by atoms with E-state index < -0.39 is 0 Å². The summed E-state index contributed by atoms with van der Waals surface area (Å²) in [6, 6.07) is 21.6. The summed E-state index contributed by atoms with van der Waals surface area (Å²) in [5.41, 5.74) is 4.40. The number of aryl methyl sites for hydroxylation is 1. The quantitative estimate of drug-likeness (QED) is 0.485. The molecule has 1 heterocycles. The van der Waals surface area contributed by atoms with Gasteiger partial charge in [-0.15, -0.1) is 6.07 Å². The molecule has 0 N–H and O–H groups in total. The van der Waals surface area contributed by atoms with Gasteiger partial charge in [-0.25, -0.2) is 0 Å². The van der Waals surface area contributed by atoms with Crippen molar-refractivity contribution in [3.8, 4) is 16.9 Å². The maximum atomic E-state index is 4.38. The zero-order valence-corrected chi connectivity index (χ0v) is 14.3. The number of halogens is 1. The maximum Gasteiger partial charge on any atom is 2.00 e. The molecule has 1 aromatic heterocycles. The second-order valence-electron chi connectivity index (χ2n) is 4.25. The van der Waals surface area contributed by atoms with E-state index in [4.69, 9.17) is 0 Å². The van der Waals surface area contributed by atoms with Crippen molar-refractivity contribution in [3.05, 3.63) is 72.4 Å².